The molecule has 0 saturated heterocycles. The fourth-order valence-electron chi connectivity index (χ4n) is 2.17. The lowest BCUT2D eigenvalue weighted by Crippen LogP contribution is -2.24. The van der Waals surface area contributed by atoms with E-state index in [0.29, 0.717) is 4.99 Å². The van der Waals surface area contributed by atoms with Gasteiger partial charge in [-0.25, -0.2) is 4.98 Å². The second kappa shape index (κ2) is 7.58. The molecule has 20 heavy (non-hydrogen) atoms. The van der Waals surface area contributed by atoms with E-state index in [9.17, 15) is 0 Å². The van der Waals surface area contributed by atoms with Gasteiger partial charge in [-0.1, -0.05) is 52.3 Å². The summed E-state index contributed by atoms with van der Waals surface area (Å²) in [5.74, 6) is 0.858. The van der Waals surface area contributed by atoms with Gasteiger partial charge in [-0.15, -0.1) is 0 Å². The highest BCUT2D eigenvalue weighted by atomic mass is 32.1. The number of unbranched alkanes of at least 4 members (excludes halogenated alkanes) is 2. The van der Waals surface area contributed by atoms with Gasteiger partial charge >= 0.3 is 0 Å². The fraction of sp³-hybridized carbons (Fsp3) is 0.625. The van der Waals surface area contributed by atoms with Crippen LogP contribution in [0.5, 0.6) is 0 Å². The molecular formula is C16H27N3S. The summed E-state index contributed by atoms with van der Waals surface area (Å²) in [7, 11) is 0. The summed E-state index contributed by atoms with van der Waals surface area (Å²) >= 11 is 5.03. The predicted octanol–water partition coefficient (Wildman–Crippen LogP) is 4.04. The topological polar surface area (TPSA) is 50.9 Å². The Morgan fingerprint density at radius 1 is 1.35 bits per heavy atom. The first kappa shape index (κ1) is 16.9. The highest BCUT2D eigenvalue weighted by Crippen LogP contribution is 2.24. The molecule has 1 aromatic rings. The van der Waals surface area contributed by atoms with Crippen molar-refractivity contribution in [3.8, 4) is 0 Å². The van der Waals surface area contributed by atoms with E-state index in [-0.39, 0.29) is 5.41 Å². The first-order valence-electron chi connectivity index (χ1n) is 7.36. The number of anilines is 1. The quantitative estimate of drug-likeness (QED) is 0.561. The van der Waals surface area contributed by atoms with Crippen LogP contribution in [0.2, 0.25) is 0 Å². The standard InChI is InChI=1S/C16H27N3S/c1-5-6-7-8-16(3,4)11-18-14-10-13(15(17)20)9-12(2)19-14/h9-10H,5-8,11H2,1-4H3,(H2,17,20)(H,18,19). The highest BCUT2D eigenvalue weighted by molar-refractivity contribution is 7.80. The second-order valence-electron chi connectivity index (χ2n) is 6.22. The zero-order valence-electron chi connectivity index (χ0n) is 13.1. The minimum atomic E-state index is 0.268. The van der Waals surface area contributed by atoms with Crippen molar-refractivity contribution in [2.75, 3.05) is 11.9 Å². The van der Waals surface area contributed by atoms with Gasteiger partial charge in [0.2, 0.25) is 0 Å². The van der Waals surface area contributed by atoms with Crippen LogP contribution < -0.4 is 11.1 Å². The Balaban J connectivity index is 2.62. The number of nitrogens with one attached hydrogen (secondary N) is 1. The number of hydrogen-bond donors (Lipinski definition) is 2. The average molecular weight is 293 g/mol. The summed E-state index contributed by atoms with van der Waals surface area (Å²) in [6, 6.07) is 3.84. The third-order valence-electron chi connectivity index (χ3n) is 3.44. The molecule has 1 heterocycles. The minimum Gasteiger partial charge on any atom is -0.389 e. The maximum Gasteiger partial charge on any atom is 0.126 e. The van der Waals surface area contributed by atoms with E-state index in [1.54, 1.807) is 0 Å². The molecule has 0 spiro atoms. The van der Waals surface area contributed by atoms with Gasteiger partial charge in [0.25, 0.3) is 0 Å². The van der Waals surface area contributed by atoms with E-state index in [2.05, 4.69) is 31.1 Å². The van der Waals surface area contributed by atoms with Gasteiger partial charge in [0, 0.05) is 17.8 Å². The molecule has 0 amide bonds. The first-order valence-corrected chi connectivity index (χ1v) is 7.77. The Labute approximate surface area is 128 Å². The van der Waals surface area contributed by atoms with Gasteiger partial charge < -0.3 is 11.1 Å². The Morgan fingerprint density at radius 2 is 2.05 bits per heavy atom. The summed E-state index contributed by atoms with van der Waals surface area (Å²) in [5.41, 5.74) is 7.76. The zero-order chi connectivity index (χ0) is 15.2. The summed E-state index contributed by atoms with van der Waals surface area (Å²) in [4.78, 5) is 4.91. The molecule has 0 aliphatic carbocycles. The summed E-state index contributed by atoms with van der Waals surface area (Å²) in [5, 5.41) is 3.42. The van der Waals surface area contributed by atoms with Crippen molar-refractivity contribution >= 4 is 23.0 Å². The van der Waals surface area contributed by atoms with Crippen LogP contribution in [0, 0.1) is 12.3 Å². The SMILES string of the molecule is CCCCCC(C)(C)CNc1cc(C(N)=S)cc(C)n1. The third kappa shape index (κ3) is 5.87. The fourth-order valence-corrected chi connectivity index (χ4v) is 2.29. The molecule has 1 aromatic heterocycles. The molecule has 0 radical (unpaired) electrons. The molecule has 0 saturated carbocycles. The molecule has 3 N–H and O–H groups in total. The van der Waals surface area contributed by atoms with Crippen LogP contribution in [0.3, 0.4) is 0 Å². The summed E-state index contributed by atoms with van der Waals surface area (Å²) < 4.78 is 0. The van der Waals surface area contributed by atoms with Crippen molar-refractivity contribution in [1.82, 2.24) is 4.98 Å². The molecule has 0 unspecified atom stereocenters. The Morgan fingerprint density at radius 3 is 2.65 bits per heavy atom. The number of thiocarbonyl (C=S) groups is 1. The number of hydrogen-bond acceptors (Lipinski definition) is 3. The van der Waals surface area contributed by atoms with Crippen LogP contribution in [-0.2, 0) is 0 Å². The van der Waals surface area contributed by atoms with E-state index in [0.717, 1.165) is 23.6 Å². The van der Waals surface area contributed by atoms with E-state index >= 15 is 0 Å². The van der Waals surface area contributed by atoms with Gasteiger partial charge in [-0.2, -0.15) is 0 Å². The lowest BCUT2D eigenvalue weighted by Gasteiger charge is -2.25. The predicted molar refractivity (Wildman–Crippen MR) is 91.3 cm³/mol. The van der Waals surface area contributed by atoms with Crippen LogP contribution >= 0.6 is 12.2 Å². The Bertz CT molecular complexity index is 455. The van der Waals surface area contributed by atoms with Gasteiger partial charge in [0.05, 0.1) is 0 Å². The molecule has 0 aliphatic rings. The lowest BCUT2D eigenvalue weighted by atomic mass is 9.87. The van der Waals surface area contributed by atoms with Crippen LogP contribution in [-0.4, -0.2) is 16.5 Å². The van der Waals surface area contributed by atoms with E-state index < -0.39 is 0 Å². The van der Waals surface area contributed by atoms with Crippen LogP contribution in [0.4, 0.5) is 5.82 Å². The van der Waals surface area contributed by atoms with Crippen molar-refractivity contribution < 1.29 is 0 Å². The largest absolute Gasteiger partial charge is 0.389 e. The number of aryl methyl sites for hydroxylation is 1. The Kier molecular flexibility index (Phi) is 6.40. The molecule has 3 nitrogen and oxygen atoms in total. The first-order chi connectivity index (χ1) is 9.34. The summed E-state index contributed by atoms with van der Waals surface area (Å²) in [6.07, 6.45) is 5.07. The highest BCUT2D eigenvalue weighted by Gasteiger charge is 2.17. The van der Waals surface area contributed by atoms with E-state index in [1.807, 2.05) is 19.1 Å². The van der Waals surface area contributed by atoms with Crippen LogP contribution in [0.25, 0.3) is 0 Å². The monoisotopic (exact) mass is 293 g/mol. The molecule has 4 heteroatoms. The molecule has 0 fully saturated rings. The number of pyridine rings is 1. The normalized spacial score (nSPS) is 11.4. The van der Waals surface area contributed by atoms with E-state index in [4.69, 9.17) is 18.0 Å². The van der Waals surface area contributed by atoms with Gasteiger partial charge in [0.1, 0.15) is 10.8 Å². The summed E-state index contributed by atoms with van der Waals surface area (Å²) in [6.45, 7) is 9.68. The van der Waals surface area contributed by atoms with Gasteiger partial charge in [0.15, 0.2) is 0 Å². The molecule has 0 aromatic carbocycles. The number of rotatable bonds is 8. The lowest BCUT2D eigenvalue weighted by molar-refractivity contribution is 0.342. The van der Waals surface area contributed by atoms with Crippen molar-refractivity contribution in [3.63, 3.8) is 0 Å². The van der Waals surface area contributed by atoms with Gasteiger partial charge in [-0.05, 0) is 30.9 Å². The molecule has 0 aliphatic heterocycles. The molecule has 0 bridgehead atoms. The number of nitrogens with two attached hydrogens (primary N) is 1. The molecular weight excluding hydrogens is 266 g/mol. The van der Waals surface area contributed by atoms with Crippen molar-refractivity contribution in [2.24, 2.45) is 11.1 Å². The molecule has 0 atom stereocenters. The zero-order valence-corrected chi connectivity index (χ0v) is 13.9. The van der Waals surface area contributed by atoms with Gasteiger partial charge in [-0.3, -0.25) is 0 Å². The van der Waals surface area contributed by atoms with Crippen molar-refractivity contribution in [1.29, 1.82) is 0 Å². The maximum atomic E-state index is 5.69. The average Bonchev–Trinajstić information content (AvgIpc) is 2.36. The maximum absolute atomic E-state index is 5.69. The second-order valence-corrected chi connectivity index (χ2v) is 6.66. The number of nitrogens with zero attached hydrogens (tertiary/aromatic N) is 1. The van der Waals surface area contributed by atoms with Crippen molar-refractivity contribution in [3.05, 3.63) is 23.4 Å². The molecule has 1 rings (SSSR count). The molecule has 112 valence electrons. The smallest absolute Gasteiger partial charge is 0.126 e. The van der Waals surface area contributed by atoms with Crippen LogP contribution in [0.15, 0.2) is 12.1 Å². The van der Waals surface area contributed by atoms with Crippen LogP contribution in [0.1, 0.15) is 57.7 Å². The Hall–Kier alpha value is -1.16. The number of aromatic nitrogens is 1. The van der Waals surface area contributed by atoms with E-state index in [1.165, 1.54) is 25.7 Å². The minimum absolute atomic E-state index is 0.268. The van der Waals surface area contributed by atoms with Crippen molar-refractivity contribution in [2.45, 2.75) is 53.4 Å². The third-order valence-corrected chi connectivity index (χ3v) is 3.68.